The first-order chi connectivity index (χ1) is 7.86. The van der Waals surface area contributed by atoms with E-state index in [0.29, 0.717) is 5.92 Å². The van der Waals surface area contributed by atoms with Gasteiger partial charge in [0.15, 0.2) is 0 Å². The number of benzene rings is 1. The SMILES string of the molecule is CC/C=C/[C@H](CC)COCc1ccccc1. The van der Waals surface area contributed by atoms with Gasteiger partial charge in [-0.25, -0.2) is 0 Å². The van der Waals surface area contributed by atoms with Gasteiger partial charge >= 0.3 is 0 Å². The van der Waals surface area contributed by atoms with Gasteiger partial charge < -0.3 is 4.74 Å². The monoisotopic (exact) mass is 218 g/mol. The van der Waals surface area contributed by atoms with Gasteiger partial charge in [0.25, 0.3) is 0 Å². The molecular formula is C15H22O. The molecule has 0 heterocycles. The van der Waals surface area contributed by atoms with Gasteiger partial charge in [-0.1, -0.05) is 56.3 Å². The summed E-state index contributed by atoms with van der Waals surface area (Å²) in [5.74, 6) is 0.559. The Hall–Kier alpha value is -1.08. The largest absolute Gasteiger partial charge is 0.376 e. The molecule has 0 unspecified atom stereocenters. The zero-order valence-electron chi connectivity index (χ0n) is 10.4. The zero-order valence-corrected chi connectivity index (χ0v) is 10.4. The molecule has 0 saturated carbocycles. The molecule has 0 aromatic heterocycles. The minimum Gasteiger partial charge on any atom is -0.376 e. The normalized spacial score (nSPS) is 13.1. The summed E-state index contributed by atoms with van der Waals surface area (Å²) >= 11 is 0. The highest BCUT2D eigenvalue weighted by Crippen LogP contribution is 2.08. The van der Waals surface area contributed by atoms with Crippen LogP contribution >= 0.6 is 0 Å². The van der Waals surface area contributed by atoms with E-state index in [1.165, 1.54) is 5.56 Å². The van der Waals surface area contributed by atoms with Crippen molar-refractivity contribution in [1.82, 2.24) is 0 Å². The molecule has 0 aliphatic carbocycles. The van der Waals surface area contributed by atoms with Crippen LogP contribution in [0.2, 0.25) is 0 Å². The van der Waals surface area contributed by atoms with E-state index in [1.807, 2.05) is 18.2 Å². The number of rotatable bonds is 7. The van der Waals surface area contributed by atoms with Gasteiger partial charge in [-0.3, -0.25) is 0 Å². The first kappa shape index (κ1) is 13.0. The van der Waals surface area contributed by atoms with Crippen molar-refractivity contribution in [1.29, 1.82) is 0 Å². The molecule has 88 valence electrons. The maximum absolute atomic E-state index is 5.72. The van der Waals surface area contributed by atoms with Crippen molar-refractivity contribution >= 4 is 0 Å². The van der Waals surface area contributed by atoms with E-state index in [9.17, 15) is 0 Å². The fourth-order valence-electron chi connectivity index (χ4n) is 1.54. The van der Waals surface area contributed by atoms with Gasteiger partial charge in [0.2, 0.25) is 0 Å². The molecular weight excluding hydrogens is 196 g/mol. The Morgan fingerprint density at radius 2 is 1.94 bits per heavy atom. The Kier molecular flexibility index (Phi) is 6.59. The lowest BCUT2D eigenvalue weighted by atomic mass is 10.1. The van der Waals surface area contributed by atoms with Gasteiger partial charge in [0.1, 0.15) is 0 Å². The predicted molar refractivity (Wildman–Crippen MR) is 69.3 cm³/mol. The van der Waals surface area contributed by atoms with E-state index in [1.54, 1.807) is 0 Å². The van der Waals surface area contributed by atoms with Crippen LogP contribution in [0.3, 0.4) is 0 Å². The summed E-state index contributed by atoms with van der Waals surface area (Å²) in [6, 6.07) is 10.3. The van der Waals surface area contributed by atoms with E-state index in [4.69, 9.17) is 4.74 Å². The summed E-state index contributed by atoms with van der Waals surface area (Å²) in [5.41, 5.74) is 1.25. The number of ether oxygens (including phenoxy) is 1. The predicted octanol–water partition coefficient (Wildman–Crippen LogP) is 4.20. The fraction of sp³-hybridized carbons (Fsp3) is 0.467. The van der Waals surface area contributed by atoms with Crippen LogP contribution < -0.4 is 0 Å². The van der Waals surface area contributed by atoms with Gasteiger partial charge in [0, 0.05) is 0 Å². The topological polar surface area (TPSA) is 9.23 Å². The average molecular weight is 218 g/mol. The minimum absolute atomic E-state index is 0.559. The second-order valence-electron chi connectivity index (χ2n) is 4.01. The molecule has 1 heteroatoms. The summed E-state index contributed by atoms with van der Waals surface area (Å²) in [7, 11) is 0. The van der Waals surface area contributed by atoms with Crippen LogP contribution in [0.4, 0.5) is 0 Å². The van der Waals surface area contributed by atoms with Crippen LogP contribution in [0.25, 0.3) is 0 Å². The lowest BCUT2D eigenvalue weighted by Crippen LogP contribution is -2.06. The van der Waals surface area contributed by atoms with Gasteiger partial charge in [-0.15, -0.1) is 0 Å². The van der Waals surface area contributed by atoms with E-state index >= 15 is 0 Å². The van der Waals surface area contributed by atoms with Crippen molar-refractivity contribution < 1.29 is 4.74 Å². The Labute approximate surface area is 99.1 Å². The molecule has 0 saturated heterocycles. The first-order valence-electron chi connectivity index (χ1n) is 6.15. The number of allylic oxidation sites excluding steroid dienone is 1. The quantitative estimate of drug-likeness (QED) is 0.623. The molecule has 1 rings (SSSR count). The summed E-state index contributed by atoms with van der Waals surface area (Å²) in [6.07, 6.45) is 6.74. The van der Waals surface area contributed by atoms with Crippen molar-refractivity contribution in [3.63, 3.8) is 0 Å². The molecule has 0 aliphatic rings. The minimum atomic E-state index is 0.559. The highest BCUT2D eigenvalue weighted by atomic mass is 16.5. The van der Waals surface area contributed by atoms with Crippen LogP contribution in [-0.2, 0) is 11.3 Å². The van der Waals surface area contributed by atoms with Crippen LogP contribution in [0.5, 0.6) is 0 Å². The van der Waals surface area contributed by atoms with Crippen molar-refractivity contribution in [3.8, 4) is 0 Å². The maximum Gasteiger partial charge on any atom is 0.0717 e. The molecule has 0 fully saturated rings. The average Bonchev–Trinajstić information content (AvgIpc) is 2.35. The lowest BCUT2D eigenvalue weighted by Gasteiger charge is -2.10. The van der Waals surface area contributed by atoms with Crippen molar-refractivity contribution in [3.05, 3.63) is 48.0 Å². The third kappa shape index (κ3) is 5.13. The molecule has 0 bridgehead atoms. The molecule has 0 amide bonds. The van der Waals surface area contributed by atoms with E-state index < -0.39 is 0 Å². The van der Waals surface area contributed by atoms with Crippen LogP contribution in [0, 0.1) is 5.92 Å². The highest BCUT2D eigenvalue weighted by Gasteiger charge is 2.01. The summed E-state index contributed by atoms with van der Waals surface area (Å²) in [5, 5.41) is 0. The van der Waals surface area contributed by atoms with Crippen molar-refractivity contribution in [2.24, 2.45) is 5.92 Å². The van der Waals surface area contributed by atoms with E-state index in [2.05, 4.69) is 38.1 Å². The first-order valence-corrected chi connectivity index (χ1v) is 6.15. The zero-order chi connectivity index (χ0) is 11.6. The second kappa shape index (κ2) is 8.12. The molecule has 1 nitrogen and oxygen atoms in total. The van der Waals surface area contributed by atoms with E-state index in [-0.39, 0.29) is 0 Å². The molecule has 0 aliphatic heterocycles. The standard InChI is InChI=1S/C15H22O/c1-3-5-9-14(4-2)12-16-13-15-10-7-6-8-11-15/h5-11,14H,3-4,12-13H2,1-2H3/b9-5+/t14-/m0/s1. The molecule has 0 spiro atoms. The summed E-state index contributed by atoms with van der Waals surface area (Å²) in [6.45, 7) is 5.91. The molecule has 16 heavy (non-hydrogen) atoms. The van der Waals surface area contributed by atoms with Gasteiger partial charge in [0.05, 0.1) is 13.2 Å². The molecule has 1 aromatic carbocycles. The van der Waals surface area contributed by atoms with E-state index in [0.717, 1.165) is 26.1 Å². The van der Waals surface area contributed by atoms with Crippen LogP contribution in [0.15, 0.2) is 42.5 Å². The van der Waals surface area contributed by atoms with Crippen molar-refractivity contribution in [2.45, 2.75) is 33.3 Å². The Morgan fingerprint density at radius 3 is 2.56 bits per heavy atom. The molecule has 0 N–H and O–H groups in total. The molecule has 0 radical (unpaired) electrons. The third-order valence-corrected chi connectivity index (χ3v) is 2.61. The second-order valence-corrected chi connectivity index (χ2v) is 4.01. The third-order valence-electron chi connectivity index (χ3n) is 2.61. The lowest BCUT2D eigenvalue weighted by molar-refractivity contribution is 0.0985. The van der Waals surface area contributed by atoms with Crippen LogP contribution in [-0.4, -0.2) is 6.61 Å². The van der Waals surface area contributed by atoms with Gasteiger partial charge in [-0.05, 0) is 24.3 Å². The molecule has 1 aromatic rings. The Bertz CT molecular complexity index is 290. The number of hydrogen-bond acceptors (Lipinski definition) is 1. The van der Waals surface area contributed by atoms with Crippen molar-refractivity contribution in [2.75, 3.05) is 6.61 Å². The summed E-state index contributed by atoms with van der Waals surface area (Å²) < 4.78 is 5.72. The summed E-state index contributed by atoms with van der Waals surface area (Å²) in [4.78, 5) is 0. The number of hydrogen-bond donors (Lipinski definition) is 0. The molecule has 1 atom stereocenters. The Morgan fingerprint density at radius 1 is 1.19 bits per heavy atom. The Balaban J connectivity index is 2.26. The van der Waals surface area contributed by atoms with Gasteiger partial charge in [-0.2, -0.15) is 0 Å². The fourth-order valence-corrected chi connectivity index (χ4v) is 1.54. The highest BCUT2D eigenvalue weighted by molar-refractivity contribution is 5.13. The smallest absolute Gasteiger partial charge is 0.0717 e. The van der Waals surface area contributed by atoms with Crippen LogP contribution in [0.1, 0.15) is 32.3 Å². The maximum atomic E-state index is 5.72.